The van der Waals surface area contributed by atoms with Crippen LogP contribution >= 0.6 is 0 Å². The highest BCUT2D eigenvalue weighted by molar-refractivity contribution is 6.02. The van der Waals surface area contributed by atoms with Gasteiger partial charge in [0.15, 0.2) is 6.61 Å². The topological polar surface area (TPSA) is 93.7 Å². The zero-order valence-electron chi connectivity index (χ0n) is 14.7. The van der Waals surface area contributed by atoms with Crippen molar-refractivity contribution in [1.29, 1.82) is 0 Å². The molecule has 0 spiro atoms. The van der Waals surface area contributed by atoms with E-state index in [1.807, 2.05) is 5.32 Å². The van der Waals surface area contributed by atoms with E-state index in [2.05, 4.69) is 14.8 Å². The van der Waals surface area contributed by atoms with Gasteiger partial charge in [-0.25, -0.2) is 14.0 Å². The molecule has 0 unspecified atom stereocenters. The number of rotatable bonds is 7. The van der Waals surface area contributed by atoms with E-state index < -0.39 is 36.9 Å². The average molecular weight is 408 g/mol. The van der Waals surface area contributed by atoms with Gasteiger partial charge in [-0.2, -0.15) is 8.78 Å². The van der Waals surface area contributed by atoms with Crippen molar-refractivity contribution in [2.45, 2.75) is 6.61 Å². The molecule has 2 N–H and O–H groups in total. The van der Waals surface area contributed by atoms with Gasteiger partial charge in [-0.15, -0.1) is 0 Å². The molecule has 0 aliphatic heterocycles. The van der Waals surface area contributed by atoms with E-state index in [1.165, 1.54) is 48.5 Å². The number of para-hydroxylation sites is 1. The molecule has 2 aromatic carbocycles. The minimum absolute atomic E-state index is 0.0370. The summed E-state index contributed by atoms with van der Waals surface area (Å²) in [6.07, 6.45) is 2.34. The highest BCUT2D eigenvalue weighted by atomic mass is 19.3. The van der Waals surface area contributed by atoms with Crippen molar-refractivity contribution in [2.24, 2.45) is 0 Å². The van der Waals surface area contributed by atoms with Crippen LogP contribution < -0.4 is 15.4 Å². The molecule has 7 nitrogen and oxygen atoms in total. The maximum Gasteiger partial charge on any atom is 0.387 e. The Morgan fingerprint density at radius 3 is 2.38 bits per heavy atom. The van der Waals surface area contributed by atoms with E-state index in [4.69, 9.17) is 0 Å². The fourth-order valence-corrected chi connectivity index (χ4v) is 1.99. The van der Waals surface area contributed by atoms with Gasteiger partial charge in [0.05, 0.1) is 5.69 Å². The van der Waals surface area contributed by atoms with Crippen LogP contribution in [0.3, 0.4) is 0 Å². The molecule has 2 rings (SSSR count). The van der Waals surface area contributed by atoms with E-state index in [-0.39, 0.29) is 11.4 Å². The first kappa shape index (κ1) is 21.5. The lowest BCUT2D eigenvalue weighted by molar-refractivity contribution is -0.143. The molecule has 0 aliphatic rings. The van der Waals surface area contributed by atoms with Crippen LogP contribution in [0.4, 0.5) is 23.7 Å². The number of benzene rings is 2. The minimum Gasteiger partial charge on any atom is -0.452 e. The lowest BCUT2D eigenvalue weighted by Gasteiger charge is -2.07. The summed E-state index contributed by atoms with van der Waals surface area (Å²) in [6.45, 7) is -3.68. The largest absolute Gasteiger partial charge is 0.452 e. The van der Waals surface area contributed by atoms with Crippen molar-refractivity contribution in [3.8, 4) is 5.75 Å². The number of ether oxygens (including phenoxy) is 2. The SMILES string of the molecule is O=C(COC(=O)/C=C/c1ccc(OC(F)F)cc1)NC(=O)Nc1ccccc1F. The van der Waals surface area contributed by atoms with Gasteiger partial charge in [-0.1, -0.05) is 24.3 Å². The molecule has 0 radical (unpaired) electrons. The number of urea groups is 1. The second-order valence-electron chi connectivity index (χ2n) is 5.37. The number of esters is 1. The second kappa shape index (κ2) is 10.5. The predicted octanol–water partition coefficient (Wildman–Crippen LogP) is 3.33. The third kappa shape index (κ3) is 7.75. The first-order valence-electron chi connectivity index (χ1n) is 8.08. The highest BCUT2D eigenvalue weighted by Gasteiger charge is 2.11. The Bertz CT molecular complexity index is 901. The lowest BCUT2D eigenvalue weighted by Crippen LogP contribution is -2.37. The van der Waals surface area contributed by atoms with Crippen LogP contribution in [-0.4, -0.2) is 31.1 Å². The molecule has 0 saturated carbocycles. The number of halogens is 3. The number of anilines is 1. The standard InChI is InChI=1S/C19H15F3N2O5/c20-14-3-1-2-4-15(14)23-19(27)24-16(25)11-28-17(26)10-7-12-5-8-13(9-6-12)29-18(21)22/h1-10,18H,11H2,(H2,23,24,25,27)/b10-7+. The molecular weight excluding hydrogens is 393 g/mol. The number of nitrogens with one attached hydrogen (secondary N) is 2. The fourth-order valence-electron chi connectivity index (χ4n) is 1.99. The molecule has 0 saturated heterocycles. The van der Waals surface area contributed by atoms with Gasteiger partial charge >= 0.3 is 18.6 Å². The van der Waals surface area contributed by atoms with Crippen LogP contribution in [0.1, 0.15) is 5.56 Å². The quantitative estimate of drug-likeness (QED) is 0.542. The Balaban J connectivity index is 1.75. The van der Waals surface area contributed by atoms with Crippen molar-refractivity contribution < 1.29 is 37.0 Å². The molecule has 3 amide bonds. The average Bonchev–Trinajstić information content (AvgIpc) is 2.67. The number of hydrogen-bond donors (Lipinski definition) is 2. The molecular formula is C19H15F3N2O5. The summed E-state index contributed by atoms with van der Waals surface area (Å²) in [5, 5.41) is 4.01. The van der Waals surface area contributed by atoms with E-state index in [1.54, 1.807) is 0 Å². The van der Waals surface area contributed by atoms with Crippen molar-refractivity contribution in [1.82, 2.24) is 5.32 Å². The van der Waals surface area contributed by atoms with E-state index in [9.17, 15) is 27.6 Å². The van der Waals surface area contributed by atoms with Crippen molar-refractivity contribution >= 4 is 29.7 Å². The van der Waals surface area contributed by atoms with Crippen LogP contribution in [-0.2, 0) is 14.3 Å². The number of carbonyl (C=O) groups is 3. The summed E-state index contributed by atoms with van der Waals surface area (Å²) in [5.74, 6) is -2.51. The van der Waals surface area contributed by atoms with Crippen molar-refractivity contribution in [3.63, 3.8) is 0 Å². The molecule has 0 fully saturated rings. The second-order valence-corrected chi connectivity index (χ2v) is 5.37. The number of carbonyl (C=O) groups excluding carboxylic acids is 3. The van der Waals surface area contributed by atoms with Gasteiger partial charge in [0.2, 0.25) is 0 Å². The molecule has 0 bridgehead atoms. The minimum atomic E-state index is -2.94. The monoisotopic (exact) mass is 408 g/mol. The first-order chi connectivity index (χ1) is 13.8. The molecule has 10 heteroatoms. The van der Waals surface area contributed by atoms with Gasteiger partial charge < -0.3 is 14.8 Å². The summed E-state index contributed by atoms with van der Waals surface area (Å²) in [6, 6.07) is 9.81. The first-order valence-corrected chi connectivity index (χ1v) is 8.08. The van der Waals surface area contributed by atoms with Crippen LogP contribution in [0.25, 0.3) is 6.08 Å². The van der Waals surface area contributed by atoms with E-state index in [0.29, 0.717) is 5.56 Å². The predicted molar refractivity (Wildman–Crippen MR) is 96.6 cm³/mol. The van der Waals surface area contributed by atoms with Gasteiger partial charge in [0.1, 0.15) is 11.6 Å². The molecule has 0 atom stereocenters. The molecule has 152 valence electrons. The van der Waals surface area contributed by atoms with E-state index in [0.717, 1.165) is 12.1 Å². The van der Waals surface area contributed by atoms with E-state index >= 15 is 0 Å². The van der Waals surface area contributed by atoms with Crippen LogP contribution in [0.2, 0.25) is 0 Å². The summed E-state index contributed by atoms with van der Waals surface area (Å²) >= 11 is 0. The molecule has 2 aromatic rings. The number of amides is 3. The van der Waals surface area contributed by atoms with Crippen LogP contribution in [0.15, 0.2) is 54.6 Å². The molecule has 29 heavy (non-hydrogen) atoms. The van der Waals surface area contributed by atoms with Gasteiger partial charge in [0, 0.05) is 6.08 Å². The number of hydrogen-bond acceptors (Lipinski definition) is 5. The van der Waals surface area contributed by atoms with Gasteiger partial charge in [-0.3, -0.25) is 10.1 Å². The third-order valence-corrected chi connectivity index (χ3v) is 3.24. The van der Waals surface area contributed by atoms with Crippen LogP contribution in [0, 0.1) is 5.82 Å². The third-order valence-electron chi connectivity index (χ3n) is 3.24. The van der Waals surface area contributed by atoms with Crippen molar-refractivity contribution in [2.75, 3.05) is 11.9 Å². The summed E-state index contributed by atoms with van der Waals surface area (Å²) in [4.78, 5) is 34.8. The highest BCUT2D eigenvalue weighted by Crippen LogP contribution is 2.15. The Morgan fingerprint density at radius 1 is 1.03 bits per heavy atom. The zero-order valence-corrected chi connectivity index (χ0v) is 14.7. The maximum absolute atomic E-state index is 13.4. The number of alkyl halides is 2. The zero-order chi connectivity index (χ0) is 21.2. The molecule has 0 heterocycles. The van der Waals surface area contributed by atoms with Gasteiger partial charge in [-0.05, 0) is 35.9 Å². The summed E-state index contributed by atoms with van der Waals surface area (Å²) in [5.41, 5.74) is 0.375. The lowest BCUT2D eigenvalue weighted by atomic mass is 10.2. The molecule has 0 aromatic heterocycles. The normalized spacial score (nSPS) is 10.6. The Kier molecular flexibility index (Phi) is 7.78. The maximum atomic E-state index is 13.4. The van der Waals surface area contributed by atoms with Crippen LogP contribution in [0.5, 0.6) is 5.75 Å². The smallest absolute Gasteiger partial charge is 0.387 e. The fraction of sp³-hybridized carbons (Fsp3) is 0.105. The van der Waals surface area contributed by atoms with Crippen molar-refractivity contribution in [3.05, 3.63) is 66.0 Å². The summed E-state index contributed by atoms with van der Waals surface area (Å²) in [7, 11) is 0. The Labute approximate surface area is 163 Å². The number of imide groups is 1. The Morgan fingerprint density at radius 2 is 1.72 bits per heavy atom. The van der Waals surface area contributed by atoms with Gasteiger partial charge in [0.25, 0.3) is 5.91 Å². The molecule has 0 aliphatic carbocycles. The summed E-state index contributed by atoms with van der Waals surface area (Å²) < 4.78 is 46.4. The Hall–Kier alpha value is -3.82.